The predicted molar refractivity (Wildman–Crippen MR) is 108 cm³/mol. The Morgan fingerprint density at radius 1 is 0.688 bits per heavy atom. The third-order valence-electron chi connectivity index (χ3n) is 4.22. The molecule has 3 aromatic carbocycles. The van der Waals surface area contributed by atoms with Gasteiger partial charge in [-0.1, -0.05) is 12.1 Å². The van der Waals surface area contributed by atoms with Crippen molar-refractivity contribution in [3.8, 4) is 0 Å². The van der Waals surface area contributed by atoms with Crippen molar-refractivity contribution in [1.29, 1.82) is 0 Å². The number of hydrogen-bond acceptors (Lipinski definition) is 6. The molecule has 0 saturated heterocycles. The number of carbonyl (C=O) groups excluding carboxylic acids is 2. The maximum Gasteiger partial charge on any atom is 0.306 e. The number of benzene rings is 3. The molecular weight excluding hydrogens is 430 g/mol. The van der Waals surface area contributed by atoms with Crippen molar-refractivity contribution in [3.63, 3.8) is 0 Å². The van der Waals surface area contributed by atoms with E-state index < -0.39 is 44.7 Å². The van der Waals surface area contributed by atoms with Crippen LogP contribution in [0.15, 0.2) is 60.7 Å². The summed E-state index contributed by atoms with van der Waals surface area (Å²) in [7, 11) is 0. The number of nitro benzene ring substituents is 2. The summed E-state index contributed by atoms with van der Waals surface area (Å²) in [6.45, 7) is 0. The largest absolute Gasteiger partial charge is 0.322 e. The van der Waals surface area contributed by atoms with Gasteiger partial charge in [-0.3, -0.25) is 29.8 Å². The number of nitrogens with one attached hydrogen (secondary N) is 2. The van der Waals surface area contributed by atoms with E-state index in [1.165, 1.54) is 24.3 Å². The smallest absolute Gasteiger partial charge is 0.306 e. The third kappa shape index (κ3) is 4.70. The summed E-state index contributed by atoms with van der Waals surface area (Å²) in [5, 5.41) is 26.4. The molecule has 3 aromatic rings. The van der Waals surface area contributed by atoms with E-state index in [9.17, 15) is 38.6 Å². The number of anilines is 2. The third-order valence-corrected chi connectivity index (χ3v) is 4.22. The Morgan fingerprint density at radius 3 is 1.41 bits per heavy atom. The van der Waals surface area contributed by atoms with Crippen LogP contribution in [0.4, 0.5) is 31.5 Å². The van der Waals surface area contributed by atoms with Crippen molar-refractivity contribution in [2.24, 2.45) is 0 Å². The second-order valence-corrected chi connectivity index (χ2v) is 6.30. The molecule has 0 unspecified atom stereocenters. The van der Waals surface area contributed by atoms with Crippen LogP contribution in [-0.4, -0.2) is 21.7 Å². The van der Waals surface area contributed by atoms with E-state index in [-0.39, 0.29) is 22.5 Å². The lowest BCUT2D eigenvalue weighted by molar-refractivity contribution is -0.387. The van der Waals surface area contributed by atoms with Crippen LogP contribution in [0, 0.1) is 31.9 Å². The molecule has 0 radical (unpaired) electrons. The molecule has 0 aromatic heterocycles. The second kappa shape index (κ2) is 8.95. The first-order valence-electron chi connectivity index (χ1n) is 8.77. The molecule has 2 amide bonds. The lowest BCUT2D eigenvalue weighted by Crippen LogP contribution is -2.20. The Labute approximate surface area is 177 Å². The molecule has 0 bridgehead atoms. The maximum absolute atomic E-state index is 13.5. The number of carbonyl (C=O) groups is 2. The lowest BCUT2D eigenvalue weighted by atomic mass is 10.1. The number of rotatable bonds is 6. The van der Waals surface area contributed by atoms with Crippen molar-refractivity contribution in [3.05, 3.63) is 104 Å². The van der Waals surface area contributed by atoms with Crippen molar-refractivity contribution < 1.29 is 28.2 Å². The first kappa shape index (κ1) is 22.0. The molecule has 10 nitrogen and oxygen atoms in total. The molecule has 3 rings (SSSR count). The van der Waals surface area contributed by atoms with Gasteiger partial charge in [-0.15, -0.1) is 0 Å². The van der Waals surface area contributed by atoms with Crippen molar-refractivity contribution in [2.45, 2.75) is 0 Å². The van der Waals surface area contributed by atoms with Crippen LogP contribution in [0.1, 0.15) is 20.7 Å². The van der Waals surface area contributed by atoms with Crippen LogP contribution in [0.5, 0.6) is 0 Å². The molecular formula is C20H12F2N4O6. The SMILES string of the molecule is O=C(Nc1ccc(F)c([N+](=O)[O-])c1)c1ccccc1C(=O)Nc1ccc(F)c([N+](=O)[O-])c1. The Bertz CT molecular complexity index is 1170. The molecule has 0 atom stereocenters. The molecule has 0 fully saturated rings. The summed E-state index contributed by atoms with van der Waals surface area (Å²) in [5.74, 6) is -3.80. The van der Waals surface area contributed by atoms with Gasteiger partial charge < -0.3 is 10.6 Å². The summed E-state index contributed by atoms with van der Waals surface area (Å²) in [6, 6.07) is 11.0. The normalized spacial score (nSPS) is 10.3. The molecule has 0 aliphatic carbocycles. The van der Waals surface area contributed by atoms with Gasteiger partial charge in [0.2, 0.25) is 11.6 Å². The van der Waals surface area contributed by atoms with E-state index in [0.717, 1.165) is 36.4 Å². The summed E-state index contributed by atoms with van der Waals surface area (Å²) in [5.41, 5.74) is -2.10. The first-order valence-corrected chi connectivity index (χ1v) is 8.77. The highest BCUT2D eigenvalue weighted by atomic mass is 19.1. The minimum atomic E-state index is -1.08. The molecule has 2 N–H and O–H groups in total. The Balaban J connectivity index is 1.86. The average molecular weight is 442 g/mol. The first-order chi connectivity index (χ1) is 15.2. The van der Waals surface area contributed by atoms with E-state index >= 15 is 0 Å². The van der Waals surface area contributed by atoms with Gasteiger partial charge in [0.05, 0.1) is 21.0 Å². The second-order valence-electron chi connectivity index (χ2n) is 6.30. The van der Waals surface area contributed by atoms with Crippen molar-refractivity contribution in [2.75, 3.05) is 10.6 Å². The van der Waals surface area contributed by atoms with Crippen LogP contribution in [-0.2, 0) is 0 Å². The fourth-order valence-electron chi connectivity index (χ4n) is 2.74. The fraction of sp³-hybridized carbons (Fsp3) is 0. The van der Waals surface area contributed by atoms with E-state index in [2.05, 4.69) is 10.6 Å². The molecule has 162 valence electrons. The van der Waals surface area contributed by atoms with Gasteiger partial charge in [0.1, 0.15) is 0 Å². The zero-order valence-corrected chi connectivity index (χ0v) is 15.9. The zero-order valence-electron chi connectivity index (χ0n) is 15.9. The molecule has 0 spiro atoms. The van der Waals surface area contributed by atoms with Crippen LogP contribution in [0.2, 0.25) is 0 Å². The minimum Gasteiger partial charge on any atom is -0.322 e. The predicted octanol–water partition coefficient (Wildman–Crippen LogP) is 4.29. The highest BCUT2D eigenvalue weighted by molar-refractivity contribution is 6.15. The van der Waals surface area contributed by atoms with Crippen LogP contribution in [0.25, 0.3) is 0 Å². The van der Waals surface area contributed by atoms with E-state index in [4.69, 9.17) is 0 Å². The number of nitrogens with zero attached hydrogens (tertiary/aromatic N) is 2. The van der Waals surface area contributed by atoms with E-state index in [1.54, 1.807) is 0 Å². The average Bonchev–Trinajstić information content (AvgIpc) is 2.76. The molecule has 0 saturated carbocycles. The number of hydrogen-bond donors (Lipinski definition) is 2. The monoisotopic (exact) mass is 442 g/mol. The summed E-state index contributed by atoms with van der Waals surface area (Å²) in [4.78, 5) is 45.1. The minimum absolute atomic E-state index is 0.0764. The van der Waals surface area contributed by atoms with Gasteiger partial charge in [-0.25, -0.2) is 0 Å². The maximum atomic E-state index is 13.5. The molecule has 0 heterocycles. The van der Waals surface area contributed by atoms with Crippen LogP contribution >= 0.6 is 0 Å². The number of amides is 2. The van der Waals surface area contributed by atoms with Gasteiger partial charge in [0.15, 0.2) is 0 Å². The molecule has 32 heavy (non-hydrogen) atoms. The Morgan fingerprint density at radius 2 is 1.06 bits per heavy atom. The standard InChI is InChI=1S/C20H12F2N4O6/c21-15-7-5-11(9-17(15)25(29)30)23-19(27)13-3-1-2-4-14(13)20(28)24-12-6-8-16(22)18(10-12)26(31)32/h1-10H,(H,23,27)(H,24,28). The highest BCUT2D eigenvalue weighted by Crippen LogP contribution is 2.24. The summed E-state index contributed by atoms with van der Waals surface area (Å²) in [6.07, 6.45) is 0. The van der Waals surface area contributed by atoms with Crippen LogP contribution in [0.3, 0.4) is 0 Å². The zero-order chi connectivity index (χ0) is 23.4. The topological polar surface area (TPSA) is 144 Å². The van der Waals surface area contributed by atoms with Gasteiger partial charge >= 0.3 is 11.4 Å². The molecule has 0 aliphatic heterocycles. The van der Waals surface area contributed by atoms with E-state index in [0.29, 0.717) is 0 Å². The molecule has 0 aliphatic rings. The summed E-state index contributed by atoms with van der Waals surface area (Å²) >= 11 is 0. The van der Waals surface area contributed by atoms with Gasteiger partial charge in [0, 0.05) is 23.5 Å². The number of nitro groups is 2. The fourth-order valence-corrected chi connectivity index (χ4v) is 2.74. The Kier molecular flexibility index (Phi) is 6.14. The summed E-state index contributed by atoms with van der Waals surface area (Å²) < 4.78 is 27.0. The lowest BCUT2D eigenvalue weighted by Gasteiger charge is -2.11. The van der Waals surface area contributed by atoms with Crippen LogP contribution < -0.4 is 10.6 Å². The highest BCUT2D eigenvalue weighted by Gasteiger charge is 2.21. The Hall–Kier alpha value is -4.74. The van der Waals surface area contributed by atoms with Gasteiger partial charge in [-0.2, -0.15) is 8.78 Å². The molecule has 12 heteroatoms. The van der Waals surface area contributed by atoms with Gasteiger partial charge in [0.25, 0.3) is 11.8 Å². The van der Waals surface area contributed by atoms with Gasteiger partial charge in [-0.05, 0) is 36.4 Å². The van der Waals surface area contributed by atoms with Crippen molar-refractivity contribution >= 4 is 34.6 Å². The van der Waals surface area contributed by atoms with Crippen molar-refractivity contribution in [1.82, 2.24) is 0 Å². The van der Waals surface area contributed by atoms with E-state index in [1.807, 2.05) is 0 Å². The quantitative estimate of drug-likeness (QED) is 0.430. The number of halogens is 2.